The summed E-state index contributed by atoms with van der Waals surface area (Å²) in [7, 11) is 0. The van der Waals surface area contributed by atoms with Crippen molar-refractivity contribution in [2.24, 2.45) is 0 Å². The molecule has 19 heavy (non-hydrogen) atoms. The Morgan fingerprint density at radius 1 is 1.05 bits per heavy atom. The van der Waals surface area contributed by atoms with Gasteiger partial charge in [0, 0.05) is 10.1 Å². The van der Waals surface area contributed by atoms with E-state index in [1.807, 2.05) is 48.5 Å². The van der Waals surface area contributed by atoms with Crippen LogP contribution in [-0.4, -0.2) is 4.92 Å². The molecular weight excluding hydrogens is 326 g/mol. The molecule has 0 aliphatic carbocycles. The molecule has 1 heterocycles. The van der Waals surface area contributed by atoms with Crippen molar-refractivity contribution < 1.29 is 4.92 Å². The molecule has 5 heteroatoms. The number of nitro groups is 1. The first-order valence-electron chi connectivity index (χ1n) is 5.58. The molecule has 2 aromatic carbocycles. The van der Waals surface area contributed by atoms with Gasteiger partial charge in [0.1, 0.15) is 4.47 Å². The van der Waals surface area contributed by atoms with Crippen LogP contribution in [0.15, 0.2) is 53.0 Å². The smallest absolute Gasteiger partial charge is 0.258 e. The number of thiophene rings is 1. The van der Waals surface area contributed by atoms with Crippen molar-refractivity contribution in [1.82, 2.24) is 0 Å². The minimum atomic E-state index is -0.350. The van der Waals surface area contributed by atoms with E-state index in [4.69, 9.17) is 0 Å². The minimum Gasteiger partial charge on any atom is -0.258 e. The second-order valence-electron chi connectivity index (χ2n) is 4.06. The number of halogens is 1. The highest BCUT2D eigenvalue weighted by atomic mass is 79.9. The first-order chi connectivity index (χ1) is 9.16. The molecule has 0 saturated heterocycles. The van der Waals surface area contributed by atoms with Gasteiger partial charge in [-0.15, -0.1) is 0 Å². The summed E-state index contributed by atoms with van der Waals surface area (Å²) in [4.78, 5) is 10.6. The van der Waals surface area contributed by atoms with Gasteiger partial charge in [-0.1, -0.05) is 47.7 Å². The van der Waals surface area contributed by atoms with Crippen LogP contribution in [0.5, 0.6) is 0 Å². The lowest BCUT2D eigenvalue weighted by atomic mass is 10.0. The molecule has 1 aromatic heterocycles. The number of fused-ring (bicyclic) bond motifs is 1. The van der Waals surface area contributed by atoms with Gasteiger partial charge in [-0.25, -0.2) is 0 Å². The molecule has 0 saturated carbocycles. The number of benzene rings is 2. The van der Waals surface area contributed by atoms with Crippen molar-refractivity contribution in [1.29, 1.82) is 0 Å². The molecule has 0 fully saturated rings. The Bertz CT molecular complexity index is 768. The number of nitrogens with zero attached hydrogens (tertiary/aromatic N) is 1. The second kappa shape index (κ2) is 4.75. The fraction of sp³-hybridized carbons (Fsp3) is 0. The molecule has 3 rings (SSSR count). The summed E-state index contributed by atoms with van der Waals surface area (Å²) in [6, 6.07) is 15.9. The van der Waals surface area contributed by atoms with Crippen LogP contribution in [0, 0.1) is 10.1 Å². The quantitative estimate of drug-likeness (QED) is 0.475. The van der Waals surface area contributed by atoms with Crippen LogP contribution in [0.4, 0.5) is 5.00 Å². The maximum atomic E-state index is 10.9. The predicted molar refractivity (Wildman–Crippen MR) is 81.6 cm³/mol. The van der Waals surface area contributed by atoms with E-state index < -0.39 is 0 Å². The molecule has 0 N–H and O–H groups in total. The summed E-state index contributed by atoms with van der Waals surface area (Å²) in [6.45, 7) is 0. The molecule has 0 atom stereocenters. The zero-order chi connectivity index (χ0) is 13.4. The van der Waals surface area contributed by atoms with Crippen molar-refractivity contribution in [3.63, 3.8) is 0 Å². The molecule has 0 unspecified atom stereocenters. The Hall–Kier alpha value is -1.72. The maximum absolute atomic E-state index is 10.9. The third kappa shape index (κ3) is 2.15. The number of hydrogen-bond donors (Lipinski definition) is 0. The van der Waals surface area contributed by atoms with Crippen molar-refractivity contribution in [2.75, 3.05) is 0 Å². The van der Waals surface area contributed by atoms with E-state index in [1.165, 1.54) is 11.3 Å². The highest BCUT2D eigenvalue weighted by Crippen LogP contribution is 2.42. The van der Waals surface area contributed by atoms with E-state index in [1.54, 1.807) is 0 Å². The van der Waals surface area contributed by atoms with Crippen LogP contribution in [0.2, 0.25) is 0 Å². The van der Waals surface area contributed by atoms with E-state index in [0.29, 0.717) is 4.47 Å². The average Bonchev–Trinajstić information content (AvgIpc) is 2.77. The lowest BCUT2D eigenvalue weighted by Crippen LogP contribution is -1.83. The molecule has 0 aliphatic rings. The van der Waals surface area contributed by atoms with Gasteiger partial charge < -0.3 is 0 Å². The molecule has 0 bridgehead atoms. The fourth-order valence-corrected chi connectivity index (χ4v) is 3.72. The van der Waals surface area contributed by atoms with Gasteiger partial charge in [-0.3, -0.25) is 10.1 Å². The van der Waals surface area contributed by atoms with Gasteiger partial charge in [0.15, 0.2) is 0 Å². The second-order valence-corrected chi connectivity index (χ2v) is 5.88. The van der Waals surface area contributed by atoms with Crippen LogP contribution < -0.4 is 0 Å². The van der Waals surface area contributed by atoms with Crippen molar-refractivity contribution >= 4 is 42.4 Å². The molecule has 0 amide bonds. The topological polar surface area (TPSA) is 43.1 Å². The van der Waals surface area contributed by atoms with Crippen molar-refractivity contribution in [3.05, 3.63) is 63.1 Å². The Morgan fingerprint density at radius 2 is 1.79 bits per heavy atom. The molecule has 0 radical (unpaired) electrons. The Kier molecular flexibility index (Phi) is 3.08. The summed E-state index contributed by atoms with van der Waals surface area (Å²) in [5.74, 6) is 0. The Morgan fingerprint density at radius 3 is 2.47 bits per heavy atom. The molecular formula is C14H8BrNO2S. The van der Waals surface area contributed by atoms with Gasteiger partial charge in [0.25, 0.3) is 0 Å². The van der Waals surface area contributed by atoms with Crippen molar-refractivity contribution in [3.8, 4) is 11.1 Å². The third-order valence-electron chi connectivity index (χ3n) is 2.88. The predicted octanol–water partition coefficient (Wildman–Crippen LogP) is 5.24. The summed E-state index contributed by atoms with van der Waals surface area (Å²) in [6.07, 6.45) is 0. The Labute approximate surface area is 121 Å². The van der Waals surface area contributed by atoms with Crippen LogP contribution in [0.3, 0.4) is 0 Å². The zero-order valence-electron chi connectivity index (χ0n) is 9.67. The first-order valence-corrected chi connectivity index (χ1v) is 7.19. The van der Waals surface area contributed by atoms with E-state index in [-0.39, 0.29) is 9.92 Å². The maximum Gasteiger partial charge on any atom is 0.339 e. The van der Waals surface area contributed by atoms with Crippen LogP contribution >= 0.6 is 27.3 Å². The van der Waals surface area contributed by atoms with E-state index in [9.17, 15) is 10.1 Å². The van der Waals surface area contributed by atoms with Gasteiger partial charge in [0.05, 0.1) is 4.92 Å². The first kappa shape index (κ1) is 12.3. The zero-order valence-corrected chi connectivity index (χ0v) is 12.1. The van der Waals surface area contributed by atoms with Crippen LogP contribution in [0.25, 0.3) is 21.2 Å². The minimum absolute atomic E-state index is 0.153. The molecule has 3 aromatic rings. The van der Waals surface area contributed by atoms with Crippen molar-refractivity contribution in [2.45, 2.75) is 0 Å². The standard InChI is InChI=1S/C14H8BrNO2S/c15-13-11-8-10(9-4-2-1-3-5-9)6-7-12(11)19-14(13)16(17)18/h1-8H. The monoisotopic (exact) mass is 333 g/mol. The molecule has 94 valence electrons. The van der Waals surface area contributed by atoms with Crippen LogP contribution in [0.1, 0.15) is 0 Å². The van der Waals surface area contributed by atoms with Crippen LogP contribution in [-0.2, 0) is 0 Å². The molecule has 0 aliphatic heterocycles. The van der Waals surface area contributed by atoms with E-state index >= 15 is 0 Å². The highest BCUT2D eigenvalue weighted by Gasteiger charge is 2.19. The largest absolute Gasteiger partial charge is 0.339 e. The Balaban J connectivity index is 2.21. The van der Waals surface area contributed by atoms with Gasteiger partial charge in [-0.05, 0) is 39.2 Å². The third-order valence-corrected chi connectivity index (χ3v) is 5.07. The fourth-order valence-electron chi connectivity index (χ4n) is 1.98. The lowest BCUT2D eigenvalue weighted by molar-refractivity contribution is -0.380. The summed E-state index contributed by atoms with van der Waals surface area (Å²) in [5, 5.41) is 12.0. The normalized spacial score (nSPS) is 10.8. The molecule has 3 nitrogen and oxygen atoms in total. The van der Waals surface area contributed by atoms with E-state index in [0.717, 1.165) is 21.2 Å². The highest BCUT2D eigenvalue weighted by molar-refractivity contribution is 9.10. The summed E-state index contributed by atoms with van der Waals surface area (Å²) < 4.78 is 1.48. The van der Waals surface area contributed by atoms with Gasteiger partial charge in [0.2, 0.25) is 0 Å². The SMILES string of the molecule is O=[N+]([O-])c1sc2ccc(-c3ccccc3)cc2c1Br. The number of hydrogen-bond acceptors (Lipinski definition) is 3. The lowest BCUT2D eigenvalue weighted by Gasteiger charge is -2.01. The summed E-state index contributed by atoms with van der Waals surface area (Å²) >= 11 is 4.52. The number of rotatable bonds is 2. The summed E-state index contributed by atoms with van der Waals surface area (Å²) in [5.41, 5.74) is 2.16. The molecule has 0 spiro atoms. The van der Waals surface area contributed by atoms with Gasteiger partial charge >= 0.3 is 5.00 Å². The van der Waals surface area contributed by atoms with E-state index in [2.05, 4.69) is 15.9 Å². The average molecular weight is 334 g/mol. The van der Waals surface area contributed by atoms with Gasteiger partial charge in [-0.2, -0.15) is 0 Å².